The van der Waals surface area contributed by atoms with Crippen LogP contribution in [0.2, 0.25) is 5.02 Å². The van der Waals surface area contributed by atoms with Gasteiger partial charge in [0.05, 0.1) is 23.8 Å². The van der Waals surface area contributed by atoms with Crippen LogP contribution in [-0.4, -0.2) is 34.1 Å². The van der Waals surface area contributed by atoms with E-state index in [1.807, 2.05) is 26.0 Å². The van der Waals surface area contributed by atoms with Crippen LogP contribution in [0.1, 0.15) is 25.0 Å². The average Bonchev–Trinajstić information content (AvgIpc) is 2.83. The summed E-state index contributed by atoms with van der Waals surface area (Å²) in [6, 6.07) is 18.3. The fraction of sp³-hybridized carbons (Fsp3) is 0.269. The van der Waals surface area contributed by atoms with Crippen LogP contribution in [0.15, 0.2) is 71.6 Å². The number of carbonyl (C=O) groups is 1. The van der Waals surface area contributed by atoms with E-state index in [2.05, 4.69) is 5.32 Å². The number of hydrogen-bond acceptors (Lipinski definition) is 5. The largest absolute Gasteiger partial charge is 0.490 e. The Kier molecular flexibility index (Phi) is 9.01. The van der Waals surface area contributed by atoms with Gasteiger partial charge in [0.25, 0.3) is 10.0 Å². The molecular weight excluding hydrogens is 488 g/mol. The van der Waals surface area contributed by atoms with Crippen molar-refractivity contribution in [3.63, 3.8) is 0 Å². The number of amides is 1. The van der Waals surface area contributed by atoms with E-state index in [1.54, 1.807) is 37.3 Å². The van der Waals surface area contributed by atoms with E-state index in [9.17, 15) is 13.2 Å². The molecule has 7 nitrogen and oxygen atoms in total. The Morgan fingerprint density at radius 2 is 1.60 bits per heavy atom. The number of aryl methyl sites for hydroxylation is 1. The lowest BCUT2D eigenvalue weighted by Gasteiger charge is -2.25. The van der Waals surface area contributed by atoms with Gasteiger partial charge < -0.3 is 14.8 Å². The third-order valence-electron chi connectivity index (χ3n) is 5.17. The molecule has 0 spiro atoms. The first kappa shape index (κ1) is 26.4. The number of halogens is 1. The van der Waals surface area contributed by atoms with Crippen LogP contribution in [0.3, 0.4) is 0 Å². The van der Waals surface area contributed by atoms with Crippen LogP contribution in [-0.2, 0) is 21.4 Å². The van der Waals surface area contributed by atoms with Crippen molar-refractivity contribution in [1.82, 2.24) is 5.32 Å². The van der Waals surface area contributed by atoms with Gasteiger partial charge in [-0.1, -0.05) is 35.9 Å². The molecule has 0 fully saturated rings. The summed E-state index contributed by atoms with van der Waals surface area (Å²) in [7, 11) is -4.02. The molecular formula is C26H29ClN2O5S. The predicted octanol–water partition coefficient (Wildman–Crippen LogP) is 4.96. The van der Waals surface area contributed by atoms with Gasteiger partial charge >= 0.3 is 0 Å². The number of ether oxygens (including phenoxy) is 2. The topological polar surface area (TPSA) is 84.9 Å². The molecule has 0 aliphatic rings. The molecule has 3 aromatic carbocycles. The molecule has 0 unspecified atom stereocenters. The number of rotatable bonds is 11. The normalized spacial score (nSPS) is 11.1. The summed E-state index contributed by atoms with van der Waals surface area (Å²) in [6.07, 6.45) is 0. The predicted molar refractivity (Wildman–Crippen MR) is 138 cm³/mol. The molecule has 0 saturated heterocycles. The van der Waals surface area contributed by atoms with Gasteiger partial charge in [-0.15, -0.1) is 0 Å². The minimum absolute atomic E-state index is 0.0471. The number of sulfonamides is 1. The van der Waals surface area contributed by atoms with Gasteiger partial charge in [0.1, 0.15) is 6.54 Å². The van der Waals surface area contributed by atoms with Gasteiger partial charge in [-0.25, -0.2) is 8.42 Å². The molecule has 1 N–H and O–H groups in total. The molecule has 0 bridgehead atoms. The van der Waals surface area contributed by atoms with Crippen molar-refractivity contribution in [2.24, 2.45) is 0 Å². The van der Waals surface area contributed by atoms with Gasteiger partial charge in [-0.05, 0) is 74.4 Å². The summed E-state index contributed by atoms with van der Waals surface area (Å²) < 4.78 is 39.3. The highest BCUT2D eigenvalue weighted by Gasteiger charge is 2.28. The lowest BCUT2D eigenvalue weighted by atomic mass is 10.2. The van der Waals surface area contributed by atoms with Gasteiger partial charge in [0, 0.05) is 11.6 Å². The number of carbonyl (C=O) groups excluding carboxylic acids is 1. The highest BCUT2D eigenvalue weighted by Crippen LogP contribution is 2.29. The first-order valence-electron chi connectivity index (χ1n) is 11.3. The first-order chi connectivity index (χ1) is 16.8. The summed E-state index contributed by atoms with van der Waals surface area (Å²) >= 11 is 5.94. The van der Waals surface area contributed by atoms with Crippen molar-refractivity contribution in [2.45, 2.75) is 32.2 Å². The van der Waals surface area contributed by atoms with Crippen LogP contribution in [0.4, 0.5) is 5.69 Å². The van der Waals surface area contributed by atoms with Crippen LogP contribution in [0.5, 0.6) is 11.5 Å². The Morgan fingerprint density at radius 1 is 0.943 bits per heavy atom. The van der Waals surface area contributed by atoms with Crippen LogP contribution in [0, 0.1) is 6.92 Å². The highest BCUT2D eigenvalue weighted by atomic mass is 35.5. The summed E-state index contributed by atoms with van der Waals surface area (Å²) in [4.78, 5) is 13.0. The molecule has 0 atom stereocenters. The van der Waals surface area contributed by atoms with Crippen molar-refractivity contribution in [1.29, 1.82) is 0 Å². The summed E-state index contributed by atoms with van der Waals surface area (Å²) in [5.41, 5.74) is 1.95. The lowest BCUT2D eigenvalue weighted by molar-refractivity contribution is -0.119. The van der Waals surface area contributed by atoms with Crippen molar-refractivity contribution in [3.05, 3.63) is 82.9 Å². The molecule has 1 amide bonds. The van der Waals surface area contributed by atoms with E-state index in [-0.39, 0.29) is 18.0 Å². The smallest absolute Gasteiger partial charge is 0.264 e. The van der Waals surface area contributed by atoms with Crippen LogP contribution >= 0.6 is 11.6 Å². The second kappa shape index (κ2) is 12.0. The SMILES string of the molecule is CCOc1ccc(CNC(=O)CN(c2ccccc2C)S(=O)(=O)c2ccc(Cl)cc2)cc1OCC. The van der Waals surface area contributed by atoms with Gasteiger partial charge in [0.15, 0.2) is 11.5 Å². The second-order valence-electron chi connectivity index (χ2n) is 7.68. The van der Waals surface area contributed by atoms with E-state index in [0.29, 0.717) is 35.4 Å². The number of nitrogens with one attached hydrogen (secondary N) is 1. The van der Waals surface area contributed by atoms with E-state index in [4.69, 9.17) is 21.1 Å². The molecule has 0 aliphatic carbocycles. The summed E-state index contributed by atoms with van der Waals surface area (Å²) in [5.74, 6) is 0.773. The minimum Gasteiger partial charge on any atom is -0.490 e. The zero-order chi connectivity index (χ0) is 25.4. The Morgan fingerprint density at radius 3 is 2.26 bits per heavy atom. The zero-order valence-corrected chi connectivity index (χ0v) is 21.5. The maximum atomic E-state index is 13.5. The standard InChI is InChI=1S/C26H29ClN2O5S/c1-4-33-24-15-10-20(16-25(24)34-5-2)17-28-26(30)18-29(23-9-7-6-8-19(23)3)35(31,32)22-13-11-21(27)12-14-22/h6-16H,4-5,17-18H2,1-3H3,(H,28,30). The monoisotopic (exact) mass is 516 g/mol. The van der Waals surface area contributed by atoms with Gasteiger partial charge in [0.2, 0.25) is 5.91 Å². The Hall–Kier alpha value is -3.23. The van der Waals surface area contributed by atoms with Crippen LogP contribution in [0.25, 0.3) is 0 Å². The molecule has 3 rings (SSSR count). The van der Waals surface area contributed by atoms with Crippen molar-refractivity contribution in [2.75, 3.05) is 24.1 Å². The summed E-state index contributed by atoms with van der Waals surface area (Å²) in [6.45, 7) is 6.37. The van der Waals surface area contributed by atoms with Crippen molar-refractivity contribution in [3.8, 4) is 11.5 Å². The molecule has 0 aromatic heterocycles. The molecule has 186 valence electrons. The Bertz CT molecular complexity index is 1260. The van der Waals surface area contributed by atoms with E-state index < -0.39 is 15.9 Å². The zero-order valence-electron chi connectivity index (χ0n) is 20.0. The average molecular weight is 517 g/mol. The van der Waals surface area contributed by atoms with E-state index in [0.717, 1.165) is 15.4 Å². The third kappa shape index (κ3) is 6.68. The highest BCUT2D eigenvalue weighted by molar-refractivity contribution is 7.92. The number of para-hydroxylation sites is 1. The van der Waals surface area contributed by atoms with Gasteiger partial charge in [-0.3, -0.25) is 9.10 Å². The lowest BCUT2D eigenvalue weighted by Crippen LogP contribution is -2.41. The molecule has 0 saturated carbocycles. The first-order valence-corrected chi connectivity index (χ1v) is 13.1. The molecule has 0 aliphatic heterocycles. The Labute approximate surface area is 211 Å². The van der Waals surface area contributed by atoms with Gasteiger partial charge in [-0.2, -0.15) is 0 Å². The number of hydrogen-bond donors (Lipinski definition) is 1. The maximum Gasteiger partial charge on any atom is 0.264 e. The minimum atomic E-state index is -4.02. The molecule has 9 heteroatoms. The number of nitrogens with zero attached hydrogens (tertiary/aromatic N) is 1. The quantitative estimate of drug-likeness (QED) is 0.389. The van der Waals surface area contributed by atoms with E-state index >= 15 is 0 Å². The molecule has 3 aromatic rings. The Balaban J connectivity index is 1.82. The fourth-order valence-corrected chi connectivity index (χ4v) is 5.08. The molecule has 35 heavy (non-hydrogen) atoms. The van der Waals surface area contributed by atoms with Crippen molar-refractivity contribution >= 4 is 33.2 Å². The third-order valence-corrected chi connectivity index (χ3v) is 7.20. The number of benzene rings is 3. The molecule has 0 radical (unpaired) electrons. The van der Waals surface area contributed by atoms with Crippen molar-refractivity contribution < 1.29 is 22.7 Å². The maximum absolute atomic E-state index is 13.5. The summed E-state index contributed by atoms with van der Waals surface area (Å²) in [5, 5.41) is 3.23. The second-order valence-corrected chi connectivity index (χ2v) is 9.97. The van der Waals surface area contributed by atoms with Crippen LogP contribution < -0.4 is 19.1 Å². The fourth-order valence-electron chi connectivity index (χ4n) is 3.47. The molecule has 0 heterocycles. The van der Waals surface area contributed by atoms with E-state index in [1.165, 1.54) is 24.3 Å². The number of anilines is 1.